The number of aromatic nitrogens is 3. The molecular formula is C20H15F2N7O. The first kappa shape index (κ1) is 19.2. The van der Waals surface area contributed by atoms with Gasteiger partial charge in [0.15, 0.2) is 17.2 Å². The van der Waals surface area contributed by atoms with E-state index < -0.39 is 17.9 Å². The standard InChI is InChI=1S/C20H15F2N7O/c21-19(22)20(11-29-8-7-25-17(29)16(24)28-20)12-3-1-4-13(9-12)27-18(30)15-6-2-5-14(10-23)26-15/h1-9,19H,11H2,(H2,24,28)(H,27,30). The number of halogens is 2. The topological polar surface area (TPSA) is 122 Å². The van der Waals surface area contributed by atoms with Crippen LogP contribution in [0, 0.1) is 11.3 Å². The Balaban J connectivity index is 1.68. The van der Waals surface area contributed by atoms with Gasteiger partial charge in [0.2, 0.25) is 0 Å². The molecule has 1 amide bonds. The van der Waals surface area contributed by atoms with Crippen molar-refractivity contribution in [2.75, 3.05) is 5.32 Å². The highest BCUT2D eigenvalue weighted by Crippen LogP contribution is 2.38. The van der Waals surface area contributed by atoms with Crippen molar-refractivity contribution in [1.82, 2.24) is 14.5 Å². The maximum absolute atomic E-state index is 14.3. The number of fused-ring (bicyclic) bond motifs is 1. The molecule has 0 bridgehead atoms. The second kappa shape index (κ2) is 7.36. The van der Waals surface area contributed by atoms with E-state index in [9.17, 15) is 13.6 Å². The molecule has 1 atom stereocenters. The molecule has 150 valence electrons. The van der Waals surface area contributed by atoms with E-state index in [0.29, 0.717) is 5.82 Å². The third-order valence-electron chi connectivity index (χ3n) is 4.75. The highest BCUT2D eigenvalue weighted by Gasteiger charge is 2.45. The summed E-state index contributed by atoms with van der Waals surface area (Å²) in [4.78, 5) is 24.5. The summed E-state index contributed by atoms with van der Waals surface area (Å²) in [5.41, 5.74) is 4.58. The summed E-state index contributed by atoms with van der Waals surface area (Å²) in [6.45, 7) is -0.149. The molecule has 10 heteroatoms. The summed E-state index contributed by atoms with van der Waals surface area (Å²) in [5.74, 6) is -0.323. The number of nitriles is 1. The zero-order valence-corrected chi connectivity index (χ0v) is 15.5. The van der Waals surface area contributed by atoms with Gasteiger partial charge in [-0.2, -0.15) is 5.26 Å². The average Bonchev–Trinajstić information content (AvgIpc) is 3.23. The Kier molecular flexibility index (Phi) is 4.71. The number of nitrogens with one attached hydrogen (secondary N) is 1. The number of amides is 1. The fourth-order valence-electron chi connectivity index (χ4n) is 3.31. The number of carbonyl (C=O) groups is 1. The molecule has 1 aromatic carbocycles. The van der Waals surface area contributed by atoms with Gasteiger partial charge in [-0.25, -0.2) is 23.7 Å². The molecule has 0 radical (unpaired) electrons. The van der Waals surface area contributed by atoms with Gasteiger partial charge in [-0.3, -0.25) is 4.79 Å². The first-order valence-corrected chi connectivity index (χ1v) is 8.87. The molecule has 0 saturated heterocycles. The highest BCUT2D eigenvalue weighted by atomic mass is 19.3. The van der Waals surface area contributed by atoms with Gasteiger partial charge in [0, 0.05) is 18.1 Å². The summed E-state index contributed by atoms with van der Waals surface area (Å²) in [5, 5.41) is 11.5. The number of imidazole rings is 1. The molecule has 8 nitrogen and oxygen atoms in total. The van der Waals surface area contributed by atoms with Crippen molar-refractivity contribution in [2.45, 2.75) is 18.5 Å². The highest BCUT2D eigenvalue weighted by molar-refractivity contribution is 6.03. The monoisotopic (exact) mass is 407 g/mol. The summed E-state index contributed by atoms with van der Waals surface area (Å²) in [6.07, 6.45) is 0.178. The number of anilines is 1. The molecule has 0 fully saturated rings. The fourth-order valence-corrected chi connectivity index (χ4v) is 3.31. The molecule has 3 aromatic rings. The van der Waals surface area contributed by atoms with Crippen molar-refractivity contribution in [3.63, 3.8) is 0 Å². The number of aliphatic imine (C=N–C) groups is 1. The van der Waals surface area contributed by atoms with Gasteiger partial charge in [-0.1, -0.05) is 18.2 Å². The number of hydrogen-bond donors (Lipinski definition) is 2. The lowest BCUT2D eigenvalue weighted by molar-refractivity contribution is 0.0407. The molecular weight excluding hydrogens is 392 g/mol. The van der Waals surface area contributed by atoms with Crippen LogP contribution in [0.15, 0.2) is 59.9 Å². The number of nitrogens with zero attached hydrogens (tertiary/aromatic N) is 5. The van der Waals surface area contributed by atoms with Crippen LogP contribution in [-0.2, 0) is 12.1 Å². The zero-order valence-electron chi connectivity index (χ0n) is 15.5. The number of carbonyl (C=O) groups excluding carboxylic acids is 1. The molecule has 1 unspecified atom stereocenters. The first-order valence-electron chi connectivity index (χ1n) is 8.87. The molecule has 3 heterocycles. The minimum absolute atomic E-state index is 0.0333. The van der Waals surface area contributed by atoms with E-state index in [2.05, 4.69) is 20.3 Å². The molecule has 1 aliphatic heterocycles. The van der Waals surface area contributed by atoms with Crippen LogP contribution in [0.2, 0.25) is 0 Å². The van der Waals surface area contributed by atoms with Crippen LogP contribution in [0.3, 0.4) is 0 Å². The van der Waals surface area contributed by atoms with Gasteiger partial charge in [0.05, 0.1) is 6.54 Å². The molecule has 0 saturated carbocycles. The Morgan fingerprint density at radius 3 is 2.87 bits per heavy atom. The van der Waals surface area contributed by atoms with E-state index >= 15 is 0 Å². The number of alkyl halides is 2. The zero-order chi connectivity index (χ0) is 21.3. The van der Waals surface area contributed by atoms with Crippen molar-refractivity contribution < 1.29 is 13.6 Å². The minimum atomic E-state index is -2.86. The normalized spacial score (nSPS) is 17.7. The molecule has 4 rings (SSSR count). The van der Waals surface area contributed by atoms with Gasteiger partial charge < -0.3 is 15.6 Å². The van der Waals surface area contributed by atoms with Crippen LogP contribution in [0.1, 0.15) is 27.6 Å². The van der Waals surface area contributed by atoms with E-state index in [-0.39, 0.29) is 35.0 Å². The Bertz CT molecular complexity index is 1200. The van der Waals surface area contributed by atoms with Gasteiger partial charge in [-0.05, 0) is 29.8 Å². The minimum Gasteiger partial charge on any atom is -0.381 e. The summed E-state index contributed by atoms with van der Waals surface area (Å²) in [6, 6.07) is 12.4. The SMILES string of the molecule is N#Cc1cccc(C(=O)Nc2cccc(C3(C(F)F)Cn4ccnc4C(N)=N3)c2)n1. The van der Waals surface area contributed by atoms with Crippen molar-refractivity contribution in [1.29, 1.82) is 5.26 Å². The maximum Gasteiger partial charge on any atom is 0.274 e. The smallest absolute Gasteiger partial charge is 0.274 e. The Morgan fingerprint density at radius 1 is 1.30 bits per heavy atom. The number of hydrogen-bond acceptors (Lipinski definition) is 6. The predicted octanol–water partition coefficient (Wildman–Crippen LogP) is 2.28. The first-order chi connectivity index (χ1) is 14.4. The second-order valence-corrected chi connectivity index (χ2v) is 6.66. The molecule has 30 heavy (non-hydrogen) atoms. The van der Waals surface area contributed by atoms with Gasteiger partial charge in [0.1, 0.15) is 17.5 Å². The Labute approximate surface area is 169 Å². The third kappa shape index (κ3) is 3.26. The molecule has 3 N–H and O–H groups in total. The van der Waals surface area contributed by atoms with Crippen LogP contribution in [0.5, 0.6) is 0 Å². The van der Waals surface area contributed by atoms with E-state index in [0.717, 1.165) is 0 Å². The Morgan fingerprint density at radius 2 is 2.10 bits per heavy atom. The summed E-state index contributed by atoms with van der Waals surface area (Å²) < 4.78 is 30.0. The average molecular weight is 407 g/mol. The number of nitrogens with two attached hydrogens (primary N) is 1. The van der Waals surface area contributed by atoms with Crippen LogP contribution in [0.25, 0.3) is 0 Å². The van der Waals surface area contributed by atoms with Crippen LogP contribution in [-0.4, -0.2) is 32.7 Å². The lowest BCUT2D eigenvalue weighted by Crippen LogP contribution is -2.44. The van der Waals surface area contributed by atoms with Crippen LogP contribution >= 0.6 is 0 Å². The predicted molar refractivity (Wildman–Crippen MR) is 104 cm³/mol. The van der Waals surface area contributed by atoms with Crippen LogP contribution in [0.4, 0.5) is 14.5 Å². The summed E-state index contributed by atoms with van der Waals surface area (Å²) in [7, 11) is 0. The van der Waals surface area contributed by atoms with Crippen molar-refractivity contribution in [3.05, 3.63) is 77.6 Å². The number of pyridine rings is 1. The molecule has 2 aromatic heterocycles. The van der Waals surface area contributed by atoms with E-state index in [1.165, 1.54) is 41.1 Å². The number of rotatable bonds is 4. The van der Waals surface area contributed by atoms with Crippen molar-refractivity contribution in [3.8, 4) is 6.07 Å². The molecule has 1 aliphatic rings. The van der Waals surface area contributed by atoms with E-state index in [1.807, 2.05) is 6.07 Å². The van der Waals surface area contributed by atoms with E-state index in [4.69, 9.17) is 11.0 Å². The maximum atomic E-state index is 14.3. The van der Waals surface area contributed by atoms with Crippen LogP contribution < -0.4 is 11.1 Å². The third-order valence-corrected chi connectivity index (χ3v) is 4.75. The van der Waals surface area contributed by atoms with Gasteiger partial charge >= 0.3 is 0 Å². The van der Waals surface area contributed by atoms with Gasteiger partial charge in [-0.15, -0.1) is 0 Å². The second-order valence-electron chi connectivity index (χ2n) is 6.66. The van der Waals surface area contributed by atoms with Gasteiger partial charge in [0.25, 0.3) is 12.3 Å². The lowest BCUT2D eigenvalue weighted by atomic mass is 9.89. The summed E-state index contributed by atoms with van der Waals surface area (Å²) >= 11 is 0. The number of amidine groups is 1. The van der Waals surface area contributed by atoms with E-state index in [1.54, 1.807) is 18.3 Å². The van der Waals surface area contributed by atoms with Crippen molar-refractivity contribution >= 4 is 17.4 Å². The van der Waals surface area contributed by atoms with Crippen molar-refractivity contribution in [2.24, 2.45) is 10.7 Å². The lowest BCUT2D eigenvalue weighted by Gasteiger charge is -2.34. The number of benzene rings is 1. The molecule has 0 spiro atoms. The fraction of sp³-hybridized carbons (Fsp3) is 0.150. The Hall–Kier alpha value is -4.13. The largest absolute Gasteiger partial charge is 0.381 e. The molecule has 0 aliphatic carbocycles. The quantitative estimate of drug-likeness (QED) is 0.687.